The quantitative estimate of drug-likeness (QED) is 0.701. The second-order valence-electron chi connectivity index (χ2n) is 3.34. The van der Waals surface area contributed by atoms with Crippen LogP contribution in [-0.4, -0.2) is 6.61 Å². The molecule has 0 spiro atoms. The zero-order chi connectivity index (χ0) is 10.7. The van der Waals surface area contributed by atoms with E-state index >= 15 is 0 Å². The summed E-state index contributed by atoms with van der Waals surface area (Å²) in [6, 6.07) is 8.00. The Morgan fingerprint density at radius 1 is 1.47 bits per heavy atom. The van der Waals surface area contributed by atoms with Crippen LogP contribution in [0.4, 0.5) is 0 Å². The molecule has 15 heavy (non-hydrogen) atoms. The van der Waals surface area contributed by atoms with Crippen molar-refractivity contribution in [2.24, 2.45) is 0 Å². The predicted molar refractivity (Wildman–Crippen MR) is 59.6 cm³/mol. The lowest BCUT2D eigenvalue weighted by Crippen LogP contribution is -2.08. The third-order valence-corrected chi connectivity index (χ3v) is 2.29. The van der Waals surface area contributed by atoms with E-state index in [2.05, 4.69) is 12.6 Å². The molecule has 0 aromatic heterocycles. The molecule has 0 radical (unpaired) electrons. The van der Waals surface area contributed by atoms with Gasteiger partial charge in [-0.3, -0.25) is 0 Å². The van der Waals surface area contributed by atoms with Crippen LogP contribution in [-0.2, 0) is 11.2 Å². The Morgan fingerprint density at radius 2 is 2.27 bits per heavy atom. The van der Waals surface area contributed by atoms with Crippen molar-refractivity contribution < 1.29 is 9.47 Å². The molecule has 0 aliphatic carbocycles. The van der Waals surface area contributed by atoms with E-state index in [0.29, 0.717) is 12.4 Å². The fourth-order valence-electron chi connectivity index (χ4n) is 1.55. The second-order valence-corrected chi connectivity index (χ2v) is 3.34. The zero-order valence-corrected chi connectivity index (χ0v) is 8.82. The van der Waals surface area contributed by atoms with Crippen molar-refractivity contribution in [3.63, 3.8) is 0 Å². The van der Waals surface area contributed by atoms with E-state index in [1.807, 2.05) is 31.2 Å². The van der Waals surface area contributed by atoms with E-state index in [9.17, 15) is 0 Å². The summed E-state index contributed by atoms with van der Waals surface area (Å²) in [5.74, 6) is 2.23. The third kappa shape index (κ3) is 2.04. The Labute approximate surface area is 89.8 Å². The molecule has 2 rings (SSSR count). The maximum absolute atomic E-state index is 5.68. The zero-order valence-electron chi connectivity index (χ0n) is 8.82. The number of allylic oxidation sites excluding steroid dienone is 1. The van der Waals surface area contributed by atoms with Crippen molar-refractivity contribution in [1.82, 2.24) is 0 Å². The van der Waals surface area contributed by atoms with Gasteiger partial charge in [0.25, 0.3) is 0 Å². The van der Waals surface area contributed by atoms with Gasteiger partial charge in [0.1, 0.15) is 5.75 Å². The molecule has 1 aliphatic heterocycles. The molecule has 0 saturated heterocycles. The lowest BCUT2D eigenvalue weighted by atomic mass is 10.1. The predicted octanol–water partition coefficient (Wildman–Crippen LogP) is 3.06. The molecule has 1 aliphatic rings. The fraction of sp³-hybridized carbons (Fsp3) is 0.231. The molecule has 0 unspecified atom stereocenters. The highest BCUT2D eigenvalue weighted by Gasteiger charge is 2.14. The highest BCUT2D eigenvalue weighted by Crippen LogP contribution is 2.28. The van der Waals surface area contributed by atoms with Gasteiger partial charge in [-0.2, -0.15) is 0 Å². The van der Waals surface area contributed by atoms with Crippen LogP contribution in [0.15, 0.2) is 48.4 Å². The summed E-state index contributed by atoms with van der Waals surface area (Å²) < 4.78 is 11.0. The topological polar surface area (TPSA) is 18.5 Å². The molecule has 1 aromatic carbocycles. The van der Waals surface area contributed by atoms with Gasteiger partial charge in [0, 0.05) is 0 Å². The molecule has 0 saturated carbocycles. The number of hydrogen-bond acceptors (Lipinski definition) is 2. The first kappa shape index (κ1) is 9.84. The van der Waals surface area contributed by atoms with Gasteiger partial charge in [0.15, 0.2) is 11.5 Å². The first-order chi connectivity index (χ1) is 7.31. The maximum Gasteiger partial charge on any atom is 0.165 e. The molecule has 78 valence electrons. The minimum absolute atomic E-state index is 0.604. The van der Waals surface area contributed by atoms with E-state index in [0.717, 1.165) is 17.9 Å². The lowest BCUT2D eigenvalue weighted by molar-refractivity contribution is 0.212. The van der Waals surface area contributed by atoms with Gasteiger partial charge < -0.3 is 9.47 Å². The van der Waals surface area contributed by atoms with E-state index in [-0.39, 0.29) is 0 Å². The molecular weight excluding hydrogens is 188 g/mol. The summed E-state index contributed by atoms with van der Waals surface area (Å²) in [7, 11) is 0. The van der Waals surface area contributed by atoms with Gasteiger partial charge in [-0.25, -0.2) is 0 Å². The Balaban J connectivity index is 2.16. The van der Waals surface area contributed by atoms with Crippen LogP contribution in [0.3, 0.4) is 0 Å². The summed E-state index contributed by atoms with van der Waals surface area (Å²) in [5, 5.41) is 0. The molecule has 2 heteroatoms. The first-order valence-electron chi connectivity index (χ1n) is 5.09. The smallest absolute Gasteiger partial charge is 0.165 e. The highest BCUT2D eigenvalue weighted by atomic mass is 16.5. The Kier molecular flexibility index (Phi) is 2.77. The first-order valence-corrected chi connectivity index (χ1v) is 5.09. The minimum atomic E-state index is 0.604. The van der Waals surface area contributed by atoms with Crippen LogP contribution < -0.4 is 4.74 Å². The Bertz CT molecular complexity index is 405. The van der Waals surface area contributed by atoms with Crippen molar-refractivity contribution in [2.75, 3.05) is 6.61 Å². The van der Waals surface area contributed by atoms with Gasteiger partial charge in [-0.1, -0.05) is 24.8 Å². The van der Waals surface area contributed by atoms with Crippen molar-refractivity contribution in [3.05, 3.63) is 54.0 Å². The lowest BCUT2D eigenvalue weighted by Gasteiger charge is -2.19. The number of ether oxygens (including phenoxy) is 2. The van der Waals surface area contributed by atoms with Crippen molar-refractivity contribution in [2.45, 2.75) is 13.3 Å². The third-order valence-electron chi connectivity index (χ3n) is 2.29. The summed E-state index contributed by atoms with van der Waals surface area (Å²) in [6.07, 6.45) is 2.87. The normalized spacial score (nSPS) is 13.5. The summed E-state index contributed by atoms with van der Waals surface area (Å²) in [5.41, 5.74) is 1.20. The SMILES string of the molecule is C=C(OCC)C1=CCc2ccccc2O1. The Morgan fingerprint density at radius 3 is 3.07 bits per heavy atom. The standard InChI is InChI=1S/C13H14O2/c1-3-14-10(2)12-9-8-11-6-4-5-7-13(11)15-12/h4-7,9H,2-3,8H2,1H3. The molecular formula is C13H14O2. The average Bonchev–Trinajstić information content (AvgIpc) is 2.29. The Hall–Kier alpha value is -1.70. The molecule has 0 bridgehead atoms. The van der Waals surface area contributed by atoms with Crippen molar-refractivity contribution in [1.29, 1.82) is 0 Å². The van der Waals surface area contributed by atoms with Gasteiger partial charge >= 0.3 is 0 Å². The van der Waals surface area contributed by atoms with E-state index in [1.54, 1.807) is 0 Å². The molecule has 0 N–H and O–H groups in total. The van der Waals surface area contributed by atoms with Crippen LogP contribution in [0.5, 0.6) is 5.75 Å². The number of benzene rings is 1. The largest absolute Gasteiger partial charge is 0.491 e. The van der Waals surface area contributed by atoms with Gasteiger partial charge in [0.05, 0.1) is 6.61 Å². The summed E-state index contributed by atoms with van der Waals surface area (Å²) in [4.78, 5) is 0. The number of para-hydroxylation sites is 1. The maximum atomic E-state index is 5.68. The summed E-state index contributed by atoms with van der Waals surface area (Å²) >= 11 is 0. The summed E-state index contributed by atoms with van der Waals surface area (Å²) in [6.45, 7) is 6.37. The molecule has 0 fully saturated rings. The van der Waals surface area contributed by atoms with Crippen LogP contribution in [0.1, 0.15) is 12.5 Å². The van der Waals surface area contributed by atoms with E-state index in [1.165, 1.54) is 5.56 Å². The molecule has 1 heterocycles. The van der Waals surface area contributed by atoms with Crippen LogP contribution in [0.25, 0.3) is 0 Å². The minimum Gasteiger partial charge on any atom is -0.491 e. The van der Waals surface area contributed by atoms with Gasteiger partial charge in [-0.05, 0) is 31.1 Å². The number of rotatable bonds is 3. The van der Waals surface area contributed by atoms with Crippen LogP contribution >= 0.6 is 0 Å². The van der Waals surface area contributed by atoms with Crippen LogP contribution in [0.2, 0.25) is 0 Å². The van der Waals surface area contributed by atoms with Crippen LogP contribution in [0, 0.1) is 0 Å². The van der Waals surface area contributed by atoms with Gasteiger partial charge in [-0.15, -0.1) is 0 Å². The fourth-order valence-corrected chi connectivity index (χ4v) is 1.55. The monoisotopic (exact) mass is 202 g/mol. The molecule has 0 atom stereocenters. The van der Waals surface area contributed by atoms with E-state index in [4.69, 9.17) is 9.47 Å². The second kappa shape index (κ2) is 4.22. The number of hydrogen-bond donors (Lipinski definition) is 0. The molecule has 1 aromatic rings. The van der Waals surface area contributed by atoms with Crippen molar-refractivity contribution in [3.8, 4) is 5.75 Å². The number of fused-ring (bicyclic) bond motifs is 1. The molecule has 2 nitrogen and oxygen atoms in total. The van der Waals surface area contributed by atoms with Crippen molar-refractivity contribution >= 4 is 0 Å². The highest BCUT2D eigenvalue weighted by molar-refractivity contribution is 5.41. The molecule has 0 amide bonds. The van der Waals surface area contributed by atoms with E-state index < -0.39 is 0 Å². The van der Waals surface area contributed by atoms with Gasteiger partial charge in [0.2, 0.25) is 0 Å². The average molecular weight is 202 g/mol.